The first-order valence-corrected chi connectivity index (χ1v) is 10.5. The molecular formula is C20H20N4O3S. The van der Waals surface area contributed by atoms with Crippen LogP contribution in [0, 0.1) is 0 Å². The lowest BCUT2D eigenvalue weighted by Gasteiger charge is -2.36. The van der Waals surface area contributed by atoms with Crippen molar-refractivity contribution in [2.75, 3.05) is 31.1 Å². The van der Waals surface area contributed by atoms with Gasteiger partial charge in [-0.1, -0.05) is 18.2 Å². The van der Waals surface area contributed by atoms with Crippen molar-refractivity contribution in [3.05, 3.63) is 66.4 Å². The molecule has 0 unspecified atom stereocenters. The molecular weight excluding hydrogens is 376 g/mol. The van der Waals surface area contributed by atoms with Gasteiger partial charge in [-0.3, -0.25) is 9.78 Å². The lowest BCUT2D eigenvalue weighted by molar-refractivity contribution is 0.0747. The molecule has 1 aromatic heterocycles. The molecule has 0 aliphatic carbocycles. The van der Waals surface area contributed by atoms with Gasteiger partial charge in [0.05, 0.1) is 5.52 Å². The van der Waals surface area contributed by atoms with Crippen molar-refractivity contribution in [1.29, 1.82) is 0 Å². The van der Waals surface area contributed by atoms with Crippen LogP contribution >= 0.6 is 0 Å². The Kier molecular flexibility index (Phi) is 4.74. The fourth-order valence-corrected chi connectivity index (χ4v) is 4.24. The second-order valence-electron chi connectivity index (χ2n) is 6.67. The minimum absolute atomic E-state index is 0.0183. The number of anilines is 1. The van der Waals surface area contributed by atoms with Crippen molar-refractivity contribution in [2.24, 2.45) is 5.14 Å². The largest absolute Gasteiger partial charge is 0.367 e. The van der Waals surface area contributed by atoms with E-state index in [4.69, 9.17) is 5.14 Å². The predicted molar refractivity (Wildman–Crippen MR) is 108 cm³/mol. The number of benzene rings is 2. The molecule has 1 aliphatic rings. The van der Waals surface area contributed by atoms with Crippen molar-refractivity contribution in [1.82, 2.24) is 9.88 Å². The molecule has 2 aromatic carbocycles. The molecule has 1 fully saturated rings. The van der Waals surface area contributed by atoms with Crippen LogP contribution in [0.2, 0.25) is 0 Å². The fraction of sp³-hybridized carbons (Fsp3) is 0.200. The molecule has 28 heavy (non-hydrogen) atoms. The summed E-state index contributed by atoms with van der Waals surface area (Å²) >= 11 is 0. The first-order chi connectivity index (χ1) is 13.4. The number of pyridine rings is 1. The summed E-state index contributed by atoms with van der Waals surface area (Å²) in [4.78, 5) is 20.9. The number of amides is 1. The van der Waals surface area contributed by atoms with E-state index in [2.05, 4.69) is 9.88 Å². The van der Waals surface area contributed by atoms with Gasteiger partial charge in [0.25, 0.3) is 5.91 Å². The average Bonchev–Trinajstić information content (AvgIpc) is 2.72. The van der Waals surface area contributed by atoms with E-state index in [1.807, 2.05) is 41.3 Å². The molecule has 2 N–H and O–H groups in total. The number of piperazine rings is 1. The zero-order valence-electron chi connectivity index (χ0n) is 15.2. The topological polar surface area (TPSA) is 96.6 Å². The summed E-state index contributed by atoms with van der Waals surface area (Å²) in [7, 11) is -3.86. The maximum absolute atomic E-state index is 12.6. The molecule has 8 heteroatoms. The lowest BCUT2D eigenvalue weighted by Crippen LogP contribution is -2.48. The third-order valence-corrected chi connectivity index (χ3v) is 5.89. The van der Waals surface area contributed by atoms with Crippen LogP contribution in [0.3, 0.4) is 0 Å². The third kappa shape index (κ3) is 3.44. The molecule has 1 amide bonds. The highest BCUT2D eigenvalue weighted by Gasteiger charge is 2.24. The Morgan fingerprint density at radius 1 is 0.929 bits per heavy atom. The maximum Gasteiger partial charge on any atom is 0.253 e. The molecule has 2 heterocycles. The first-order valence-electron chi connectivity index (χ1n) is 8.95. The third-order valence-electron chi connectivity index (χ3n) is 4.94. The number of nitrogens with two attached hydrogens (primary N) is 1. The molecule has 3 aromatic rings. The van der Waals surface area contributed by atoms with Crippen molar-refractivity contribution >= 4 is 32.5 Å². The average molecular weight is 396 g/mol. The minimum Gasteiger partial charge on any atom is -0.367 e. The number of carbonyl (C=O) groups excluding carboxylic acids is 1. The number of aromatic nitrogens is 1. The van der Waals surface area contributed by atoms with Gasteiger partial charge in [-0.25, -0.2) is 13.6 Å². The number of fused-ring (bicyclic) bond motifs is 1. The van der Waals surface area contributed by atoms with Crippen LogP contribution in [-0.2, 0) is 10.0 Å². The molecule has 7 nitrogen and oxygen atoms in total. The molecule has 144 valence electrons. The van der Waals surface area contributed by atoms with E-state index in [-0.39, 0.29) is 10.8 Å². The summed E-state index contributed by atoms with van der Waals surface area (Å²) in [6, 6.07) is 16.1. The monoisotopic (exact) mass is 396 g/mol. The Hall–Kier alpha value is -2.97. The Morgan fingerprint density at radius 2 is 1.64 bits per heavy atom. The summed E-state index contributed by atoms with van der Waals surface area (Å²) in [5.74, 6) is 0.0244. The van der Waals surface area contributed by atoms with Crippen molar-refractivity contribution in [3.8, 4) is 0 Å². The summed E-state index contributed by atoms with van der Waals surface area (Å²) in [5.41, 5.74) is 1.94. The number of rotatable bonds is 3. The first kappa shape index (κ1) is 18.4. The number of primary sulfonamides is 1. The maximum atomic E-state index is 12.6. The van der Waals surface area contributed by atoms with Crippen LogP contribution in [0.4, 0.5) is 5.69 Å². The van der Waals surface area contributed by atoms with E-state index in [9.17, 15) is 13.2 Å². The standard InChI is InChI=1S/C20H20N4O3S/c21-28(26,27)18-9-8-17(16-7-4-10-22-19(16)18)23-11-13-24(14-12-23)20(25)15-5-2-1-3-6-15/h1-10H,11-14H2,(H2,21,26,27). The van der Waals surface area contributed by atoms with Crippen molar-refractivity contribution in [3.63, 3.8) is 0 Å². The van der Waals surface area contributed by atoms with Gasteiger partial charge < -0.3 is 9.80 Å². The smallest absolute Gasteiger partial charge is 0.253 e. The number of hydrogen-bond donors (Lipinski definition) is 1. The number of hydrogen-bond acceptors (Lipinski definition) is 5. The number of sulfonamides is 1. The van der Waals surface area contributed by atoms with Crippen molar-refractivity contribution < 1.29 is 13.2 Å². The van der Waals surface area contributed by atoms with Crippen LogP contribution in [0.15, 0.2) is 65.7 Å². The summed E-state index contributed by atoms with van der Waals surface area (Å²) in [5, 5.41) is 6.07. The van der Waals surface area contributed by atoms with Gasteiger partial charge in [0.2, 0.25) is 10.0 Å². The highest BCUT2D eigenvalue weighted by atomic mass is 32.2. The van der Waals surface area contributed by atoms with Gasteiger partial charge in [-0.2, -0.15) is 0 Å². The van der Waals surface area contributed by atoms with Gasteiger partial charge in [-0.05, 0) is 36.4 Å². The Labute approximate surface area is 163 Å². The molecule has 0 saturated carbocycles. The van der Waals surface area contributed by atoms with Gasteiger partial charge in [0.1, 0.15) is 4.90 Å². The van der Waals surface area contributed by atoms with Crippen LogP contribution in [-0.4, -0.2) is 50.4 Å². The second kappa shape index (κ2) is 7.21. The highest BCUT2D eigenvalue weighted by Crippen LogP contribution is 2.30. The molecule has 1 aliphatic heterocycles. The van der Waals surface area contributed by atoms with Crippen LogP contribution in [0.5, 0.6) is 0 Å². The van der Waals surface area contributed by atoms with E-state index in [1.54, 1.807) is 18.3 Å². The fourth-order valence-electron chi connectivity index (χ4n) is 3.55. The van der Waals surface area contributed by atoms with Gasteiger partial charge in [-0.15, -0.1) is 0 Å². The van der Waals surface area contributed by atoms with Crippen molar-refractivity contribution in [2.45, 2.75) is 4.90 Å². The van der Waals surface area contributed by atoms with Crippen LogP contribution in [0.1, 0.15) is 10.4 Å². The predicted octanol–water partition coefficient (Wildman–Crippen LogP) is 1.84. The highest BCUT2D eigenvalue weighted by molar-refractivity contribution is 7.89. The van der Waals surface area contributed by atoms with E-state index in [0.29, 0.717) is 37.3 Å². The SMILES string of the molecule is NS(=O)(=O)c1ccc(N2CCN(C(=O)c3ccccc3)CC2)c2cccnc12. The minimum atomic E-state index is -3.86. The molecule has 4 rings (SSSR count). The van der Waals surface area contributed by atoms with E-state index in [0.717, 1.165) is 11.1 Å². The molecule has 0 spiro atoms. The van der Waals surface area contributed by atoms with Crippen LogP contribution in [0.25, 0.3) is 10.9 Å². The molecule has 0 radical (unpaired) electrons. The number of nitrogens with zero attached hydrogens (tertiary/aromatic N) is 3. The Bertz CT molecular complexity index is 1120. The zero-order chi connectivity index (χ0) is 19.7. The number of carbonyl (C=O) groups is 1. The summed E-state index contributed by atoms with van der Waals surface area (Å²) in [6.07, 6.45) is 1.55. The van der Waals surface area contributed by atoms with E-state index in [1.165, 1.54) is 6.07 Å². The van der Waals surface area contributed by atoms with E-state index < -0.39 is 10.0 Å². The Morgan fingerprint density at radius 3 is 2.32 bits per heavy atom. The normalized spacial score (nSPS) is 15.0. The molecule has 1 saturated heterocycles. The zero-order valence-corrected chi connectivity index (χ0v) is 16.0. The molecule has 0 bridgehead atoms. The van der Waals surface area contributed by atoms with E-state index >= 15 is 0 Å². The lowest BCUT2D eigenvalue weighted by atomic mass is 10.1. The Balaban J connectivity index is 1.59. The van der Waals surface area contributed by atoms with Gasteiger partial charge in [0, 0.05) is 49.0 Å². The molecule has 0 atom stereocenters. The van der Waals surface area contributed by atoms with Gasteiger partial charge in [0.15, 0.2) is 0 Å². The summed E-state index contributed by atoms with van der Waals surface area (Å²) in [6.45, 7) is 2.48. The summed E-state index contributed by atoms with van der Waals surface area (Å²) < 4.78 is 23.7. The van der Waals surface area contributed by atoms with Gasteiger partial charge >= 0.3 is 0 Å². The van der Waals surface area contributed by atoms with Crippen LogP contribution < -0.4 is 10.0 Å². The second-order valence-corrected chi connectivity index (χ2v) is 8.20. The quantitative estimate of drug-likeness (QED) is 0.729.